The average Bonchev–Trinajstić information content (AvgIpc) is 3.15. The topological polar surface area (TPSA) is 104 Å². The van der Waals surface area contributed by atoms with E-state index in [1.165, 1.54) is 0 Å². The van der Waals surface area contributed by atoms with Crippen LogP contribution in [-0.2, 0) is 0 Å². The fourth-order valence-corrected chi connectivity index (χ4v) is 4.17. The molecule has 0 aliphatic heterocycles. The van der Waals surface area contributed by atoms with Gasteiger partial charge in [0.1, 0.15) is 18.0 Å². The Morgan fingerprint density at radius 1 is 1.13 bits per heavy atom. The second kappa shape index (κ2) is 7.02. The molecule has 2 N–H and O–H groups in total. The lowest BCUT2D eigenvalue weighted by Crippen LogP contribution is -2.03. The zero-order chi connectivity index (χ0) is 21.6. The minimum atomic E-state index is 0.158. The van der Waals surface area contributed by atoms with E-state index in [2.05, 4.69) is 52.7 Å². The molecule has 1 aliphatic rings. The summed E-state index contributed by atoms with van der Waals surface area (Å²) in [6.45, 7) is 7.88. The van der Waals surface area contributed by atoms with Crippen molar-refractivity contribution in [1.82, 2.24) is 14.5 Å². The lowest BCUT2D eigenvalue weighted by Gasteiger charge is -2.11. The SMILES string of the molecule is CC1=C(C#N)c2nc(N)c(C#N)c(C)c2/C1=C\c1cc(C)n(-c2cccnc2)c1C. The number of hydrogen-bond donors (Lipinski definition) is 1. The first-order valence-electron chi connectivity index (χ1n) is 9.52. The van der Waals surface area contributed by atoms with Gasteiger partial charge in [-0.2, -0.15) is 10.5 Å². The van der Waals surface area contributed by atoms with Crippen LogP contribution < -0.4 is 5.73 Å². The van der Waals surface area contributed by atoms with Crippen molar-refractivity contribution >= 4 is 23.0 Å². The Kier molecular flexibility index (Phi) is 4.49. The van der Waals surface area contributed by atoms with E-state index in [9.17, 15) is 10.5 Å². The third kappa shape index (κ3) is 2.70. The van der Waals surface area contributed by atoms with Crippen LogP contribution in [0.15, 0.2) is 36.2 Å². The number of aryl methyl sites for hydroxylation is 1. The van der Waals surface area contributed by atoms with Crippen molar-refractivity contribution in [2.45, 2.75) is 27.7 Å². The van der Waals surface area contributed by atoms with Crippen LogP contribution in [0.5, 0.6) is 0 Å². The zero-order valence-electron chi connectivity index (χ0n) is 17.3. The Hall–Kier alpha value is -4.16. The molecule has 0 unspecified atom stereocenters. The van der Waals surface area contributed by atoms with Crippen LogP contribution >= 0.6 is 0 Å². The number of fused-ring (bicyclic) bond motifs is 1. The number of anilines is 1. The fourth-order valence-electron chi connectivity index (χ4n) is 4.17. The van der Waals surface area contributed by atoms with Crippen molar-refractivity contribution in [3.05, 3.63) is 75.5 Å². The van der Waals surface area contributed by atoms with Crippen molar-refractivity contribution in [2.75, 3.05) is 5.73 Å². The second-order valence-corrected chi connectivity index (χ2v) is 7.38. The Labute approximate surface area is 175 Å². The molecule has 0 aromatic carbocycles. The Morgan fingerprint density at radius 2 is 1.90 bits per heavy atom. The van der Waals surface area contributed by atoms with Crippen LogP contribution in [0.3, 0.4) is 0 Å². The fraction of sp³-hybridized carbons (Fsp3) is 0.167. The molecule has 4 rings (SSSR count). The van der Waals surface area contributed by atoms with E-state index >= 15 is 0 Å². The number of pyridine rings is 2. The maximum Gasteiger partial charge on any atom is 0.142 e. The van der Waals surface area contributed by atoms with E-state index in [-0.39, 0.29) is 5.82 Å². The average molecular weight is 392 g/mol. The molecule has 0 saturated carbocycles. The highest BCUT2D eigenvalue weighted by Gasteiger charge is 2.30. The van der Waals surface area contributed by atoms with Gasteiger partial charge in [-0.3, -0.25) is 4.98 Å². The molecule has 146 valence electrons. The smallest absolute Gasteiger partial charge is 0.142 e. The van der Waals surface area contributed by atoms with E-state index in [1.54, 1.807) is 6.20 Å². The second-order valence-electron chi connectivity index (χ2n) is 7.38. The number of aromatic nitrogens is 3. The lowest BCUT2D eigenvalue weighted by atomic mass is 9.95. The molecular formula is C24H20N6. The number of nitrogens with two attached hydrogens (primary N) is 1. The summed E-state index contributed by atoms with van der Waals surface area (Å²) in [4.78, 5) is 8.62. The molecular weight excluding hydrogens is 372 g/mol. The summed E-state index contributed by atoms with van der Waals surface area (Å²) in [6.07, 6.45) is 5.65. The van der Waals surface area contributed by atoms with Gasteiger partial charge in [-0.1, -0.05) is 0 Å². The Bertz CT molecular complexity index is 1340. The summed E-state index contributed by atoms with van der Waals surface area (Å²) in [6, 6.07) is 10.4. The van der Waals surface area contributed by atoms with Crippen molar-refractivity contribution < 1.29 is 0 Å². The minimum absolute atomic E-state index is 0.158. The molecule has 3 aromatic heterocycles. The summed E-state index contributed by atoms with van der Waals surface area (Å²) >= 11 is 0. The Morgan fingerprint density at radius 3 is 2.53 bits per heavy atom. The lowest BCUT2D eigenvalue weighted by molar-refractivity contribution is 0.954. The monoisotopic (exact) mass is 392 g/mol. The number of hydrogen-bond acceptors (Lipinski definition) is 5. The predicted octanol–water partition coefficient (Wildman–Crippen LogP) is 4.50. The number of nitrogen functional groups attached to an aromatic ring is 1. The quantitative estimate of drug-likeness (QED) is 0.691. The van der Waals surface area contributed by atoms with Gasteiger partial charge in [0.05, 0.1) is 28.7 Å². The van der Waals surface area contributed by atoms with E-state index in [0.717, 1.165) is 44.9 Å². The molecule has 0 fully saturated rings. The summed E-state index contributed by atoms with van der Waals surface area (Å²) in [5, 5.41) is 19.3. The largest absolute Gasteiger partial charge is 0.383 e. The highest BCUT2D eigenvalue weighted by atomic mass is 15.0. The van der Waals surface area contributed by atoms with Gasteiger partial charge >= 0.3 is 0 Å². The first-order chi connectivity index (χ1) is 14.4. The van der Waals surface area contributed by atoms with Gasteiger partial charge in [-0.25, -0.2) is 4.98 Å². The molecule has 6 nitrogen and oxygen atoms in total. The molecule has 0 amide bonds. The van der Waals surface area contributed by atoms with Crippen LogP contribution in [0.1, 0.15) is 46.3 Å². The van der Waals surface area contributed by atoms with Crippen LogP contribution in [0.25, 0.3) is 22.9 Å². The van der Waals surface area contributed by atoms with E-state index in [0.29, 0.717) is 16.8 Å². The van der Waals surface area contributed by atoms with Crippen LogP contribution in [-0.4, -0.2) is 14.5 Å². The van der Waals surface area contributed by atoms with E-state index in [4.69, 9.17) is 5.73 Å². The number of nitrogens with zero attached hydrogens (tertiary/aromatic N) is 5. The normalized spacial score (nSPS) is 14.0. The van der Waals surface area contributed by atoms with Crippen LogP contribution in [0.4, 0.5) is 5.82 Å². The van der Waals surface area contributed by atoms with Gasteiger partial charge in [-0.05, 0) is 74.2 Å². The van der Waals surface area contributed by atoms with Crippen LogP contribution in [0.2, 0.25) is 0 Å². The maximum absolute atomic E-state index is 9.73. The third-order valence-electron chi connectivity index (χ3n) is 5.66. The predicted molar refractivity (Wildman–Crippen MR) is 117 cm³/mol. The molecule has 3 heterocycles. The number of nitriles is 2. The van der Waals surface area contributed by atoms with Gasteiger partial charge in [0.15, 0.2) is 0 Å². The van der Waals surface area contributed by atoms with Gasteiger partial charge in [-0.15, -0.1) is 0 Å². The first-order valence-corrected chi connectivity index (χ1v) is 9.52. The number of rotatable bonds is 2. The van der Waals surface area contributed by atoms with E-state index < -0.39 is 0 Å². The third-order valence-corrected chi connectivity index (χ3v) is 5.66. The van der Waals surface area contributed by atoms with Crippen LogP contribution in [0, 0.1) is 43.4 Å². The van der Waals surface area contributed by atoms with Crippen molar-refractivity contribution in [1.29, 1.82) is 10.5 Å². The van der Waals surface area contributed by atoms with Crippen molar-refractivity contribution in [2.24, 2.45) is 0 Å². The molecule has 0 spiro atoms. The van der Waals surface area contributed by atoms with Gasteiger partial charge in [0.25, 0.3) is 0 Å². The van der Waals surface area contributed by atoms with E-state index in [1.807, 2.05) is 32.2 Å². The van der Waals surface area contributed by atoms with Gasteiger partial charge in [0, 0.05) is 23.1 Å². The van der Waals surface area contributed by atoms with Gasteiger partial charge in [0.2, 0.25) is 0 Å². The Balaban J connectivity index is 1.97. The molecule has 3 aromatic rings. The molecule has 6 heteroatoms. The highest BCUT2D eigenvalue weighted by molar-refractivity contribution is 6.08. The first kappa shape index (κ1) is 19.2. The molecule has 0 saturated heterocycles. The van der Waals surface area contributed by atoms with Crippen molar-refractivity contribution in [3.63, 3.8) is 0 Å². The maximum atomic E-state index is 9.73. The molecule has 0 atom stereocenters. The summed E-state index contributed by atoms with van der Waals surface area (Å²) in [5.74, 6) is 0.158. The molecule has 30 heavy (non-hydrogen) atoms. The molecule has 1 aliphatic carbocycles. The van der Waals surface area contributed by atoms with Gasteiger partial charge < -0.3 is 10.3 Å². The number of allylic oxidation sites excluding steroid dienone is 3. The summed E-state index contributed by atoms with van der Waals surface area (Å²) < 4.78 is 2.15. The zero-order valence-corrected chi connectivity index (χ0v) is 17.3. The van der Waals surface area contributed by atoms with Crippen molar-refractivity contribution in [3.8, 4) is 17.8 Å². The summed E-state index contributed by atoms with van der Waals surface area (Å²) in [5.41, 5.74) is 14.8. The summed E-state index contributed by atoms with van der Waals surface area (Å²) in [7, 11) is 0. The standard InChI is InChI=1S/C24H20N6/c1-13-8-17(16(4)30(13)18-6-5-7-28-12-18)9-19-14(2)20(10-25)23-22(19)15(3)21(11-26)24(27)29-23/h5-9,12H,1-4H3,(H2,27,29)/b19-9-. The molecule has 0 radical (unpaired) electrons. The minimum Gasteiger partial charge on any atom is -0.383 e. The highest BCUT2D eigenvalue weighted by Crippen LogP contribution is 2.44. The molecule has 0 bridgehead atoms.